The summed E-state index contributed by atoms with van der Waals surface area (Å²) in [5.74, 6) is -1.48. The van der Waals surface area contributed by atoms with Gasteiger partial charge in [0.1, 0.15) is 6.54 Å². The Hall–Kier alpha value is -4.86. The molecule has 6 rings (SSSR count). The third-order valence-electron chi connectivity index (χ3n) is 7.07. The minimum atomic E-state index is -1.03. The zero-order valence-electron chi connectivity index (χ0n) is 22.4. The van der Waals surface area contributed by atoms with E-state index in [1.54, 1.807) is 85.3 Å². The average molecular weight is 600 g/mol. The molecule has 2 N–H and O–H groups in total. The number of para-hydroxylation sites is 1. The lowest BCUT2D eigenvalue weighted by molar-refractivity contribution is -0.137. The number of benzene rings is 3. The quantitative estimate of drug-likeness (QED) is 0.231. The third kappa shape index (κ3) is 4.62. The van der Waals surface area contributed by atoms with Gasteiger partial charge < -0.3 is 9.67 Å². The van der Waals surface area contributed by atoms with Crippen molar-refractivity contribution in [3.8, 4) is 5.69 Å². The Morgan fingerprint density at radius 3 is 2.29 bits per heavy atom. The van der Waals surface area contributed by atoms with E-state index < -0.39 is 17.4 Å². The summed E-state index contributed by atoms with van der Waals surface area (Å²) in [6, 6.07) is 20.9. The van der Waals surface area contributed by atoms with Crippen molar-refractivity contribution in [2.45, 2.75) is 20.4 Å². The zero-order chi connectivity index (χ0) is 29.7. The molecule has 3 heterocycles. The number of hydrogen-bond donors (Lipinski definition) is 2. The lowest BCUT2D eigenvalue weighted by atomic mass is 9.90. The number of hydrogen-bond acceptors (Lipinski definition) is 4. The lowest BCUT2D eigenvalue weighted by Gasteiger charge is -2.14. The number of halogens is 2. The molecule has 0 aliphatic carbocycles. The summed E-state index contributed by atoms with van der Waals surface area (Å²) < 4.78 is 2.96. The Balaban J connectivity index is 1.67. The SMILES string of the molecule is CC1=NN(c2cccc(Cl)c2)C(=O)C1=C(c1c(C)[nH]n(-c2cccc(Cl)c2)c1=O)c1cn(CC(=O)O)c2ccccc12. The number of amides is 1. The summed E-state index contributed by atoms with van der Waals surface area (Å²) in [5, 5.41) is 20.1. The number of carbonyl (C=O) groups is 2. The molecule has 1 aliphatic rings. The van der Waals surface area contributed by atoms with Gasteiger partial charge in [-0.2, -0.15) is 10.1 Å². The molecular formula is C31H23Cl2N5O4. The molecule has 42 heavy (non-hydrogen) atoms. The van der Waals surface area contributed by atoms with Gasteiger partial charge in [0.05, 0.1) is 28.2 Å². The van der Waals surface area contributed by atoms with Gasteiger partial charge >= 0.3 is 5.97 Å². The van der Waals surface area contributed by atoms with Crippen molar-refractivity contribution in [3.63, 3.8) is 0 Å². The van der Waals surface area contributed by atoms with E-state index in [0.717, 1.165) is 0 Å². The number of H-pyrrole nitrogens is 1. The maximum absolute atomic E-state index is 14.2. The van der Waals surface area contributed by atoms with Crippen LogP contribution in [0, 0.1) is 6.92 Å². The lowest BCUT2D eigenvalue weighted by Crippen LogP contribution is -2.24. The average Bonchev–Trinajstić information content (AvgIpc) is 3.56. The van der Waals surface area contributed by atoms with Crippen LogP contribution in [0.2, 0.25) is 10.0 Å². The number of nitrogens with one attached hydrogen (secondary N) is 1. The van der Waals surface area contributed by atoms with Crippen molar-refractivity contribution >= 4 is 63.0 Å². The number of aliphatic carboxylic acids is 1. The van der Waals surface area contributed by atoms with Crippen molar-refractivity contribution in [2.75, 3.05) is 5.01 Å². The van der Waals surface area contributed by atoms with Gasteiger partial charge in [-0.1, -0.05) is 53.5 Å². The number of nitrogens with zero attached hydrogens (tertiary/aromatic N) is 4. The molecule has 0 radical (unpaired) electrons. The van der Waals surface area contributed by atoms with Crippen LogP contribution in [0.3, 0.4) is 0 Å². The number of aryl methyl sites for hydroxylation is 1. The van der Waals surface area contributed by atoms with Crippen LogP contribution in [0.4, 0.5) is 5.69 Å². The standard InChI is InChI=1S/C31H23Cl2N5O4/c1-17-27(30(41)37(34-17)21-9-5-7-19(32)13-21)29(24-15-36(16-26(39)40)25-12-4-3-11-23(24)25)28-18(2)35-38(31(28)42)22-10-6-8-20(33)14-22/h3-15,34H,16H2,1-2H3,(H,39,40). The first-order valence-corrected chi connectivity index (χ1v) is 13.7. The van der Waals surface area contributed by atoms with E-state index in [0.29, 0.717) is 54.9 Å². The molecule has 3 aromatic carbocycles. The van der Waals surface area contributed by atoms with Gasteiger partial charge in [-0.25, -0.2) is 4.68 Å². The molecule has 0 fully saturated rings. The maximum atomic E-state index is 14.2. The maximum Gasteiger partial charge on any atom is 0.323 e. The summed E-state index contributed by atoms with van der Waals surface area (Å²) in [6.07, 6.45) is 1.67. The van der Waals surface area contributed by atoms with Gasteiger partial charge in [0.15, 0.2) is 0 Å². The van der Waals surface area contributed by atoms with Crippen molar-refractivity contribution in [1.29, 1.82) is 0 Å². The smallest absolute Gasteiger partial charge is 0.323 e. The number of carboxylic acids is 1. The second-order valence-electron chi connectivity index (χ2n) is 9.85. The highest BCUT2D eigenvalue weighted by Crippen LogP contribution is 2.38. The molecule has 0 bridgehead atoms. The molecule has 1 amide bonds. The number of aromatic nitrogens is 3. The first-order chi connectivity index (χ1) is 20.1. The van der Waals surface area contributed by atoms with Crippen LogP contribution in [-0.2, 0) is 16.1 Å². The van der Waals surface area contributed by atoms with E-state index in [1.807, 2.05) is 12.1 Å². The van der Waals surface area contributed by atoms with Crippen LogP contribution >= 0.6 is 23.2 Å². The normalized spacial score (nSPS) is 14.5. The van der Waals surface area contributed by atoms with Gasteiger partial charge in [-0.3, -0.25) is 19.5 Å². The van der Waals surface area contributed by atoms with E-state index >= 15 is 0 Å². The highest BCUT2D eigenvalue weighted by molar-refractivity contribution is 6.35. The predicted molar refractivity (Wildman–Crippen MR) is 164 cm³/mol. The first-order valence-electron chi connectivity index (χ1n) is 12.9. The Kier molecular flexibility index (Phi) is 6.84. The van der Waals surface area contributed by atoms with E-state index in [4.69, 9.17) is 23.2 Å². The number of aromatic amines is 1. The molecule has 2 aromatic heterocycles. The summed E-state index contributed by atoms with van der Waals surface area (Å²) in [5.41, 5.74) is 3.43. The van der Waals surface area contributed by atoms with E-state index in [9.17, 15) is 19.5 Å². The van der Waals surface area contributed by atoms with Crippen LogP contribution in [0.25, 0.3) is 22.2 Å². The number of fused-ring (bicyclic) bond motifs is 1. The van der Waals surface area contributed by atoms with Gasteiger partial charge in [0.25, 0.3) is 11.5 Å². The van der Waals surface area contributed by atoms with Crippen LogP contribution < -0.4 is 10.6 Å². The fraction of sp³-hybridized carbons (Fsp3) is 0.0968. The Morgan fingerprint density at radius 2 is 1.60 bits per heavy atom. The molecule has 210 valence electrons. The molecule has 0 saturated heterocycles. The van der Waals surface area contributed by atoms with Crippen LogP contribution in [0.5, 0.6) is 0 Å². The monoisotopic (exact) mass is 599 g/mol. The first kappa shape index (κ1) is 27.3. The predicted octanol–water partition coefficient (Wildman–Crippen LogP) is 6.04. The minimum Gasteiger partial charge on any atom is -0.480 e. The van der Waals surface area contributed by atoms with Crippen molar-refractivity contribution in [3.05, 3.63) is 122 Å². The van der Waals surface area contributed by atoms with Gasteiger partial charge in [0.2, 0.25) is 0 Å². The van der Waals surface area contributed by atoms with Crippen LogP contribution in [0.1, 0.15) is 23.7 Å². The number of anilines is 1. The number of carbonyl (C=O) groups excluding carboxylic acids is 1. The molecule has 0 saturated carbocycles. The Morgan fingerprint density at radius 1 is 0.929 bits per heavy atom. The van der Waals surface area contributed by atoms with Gasteiger partial charge in [-0.05, 0) is 56.3 Å². The highest BCUT2D eigenvalue weighted by Gasteiger charge is 2.35. The number of carboxylic acid groups (broad SMARTS) is 1. The molecule has 0 atom stereocenters. The fourth-order valence-electron chi connectivity index (χ4n) is 5.33. The molecular weight excluding hydrogens is 577 g/mol. The zero-order valence-corrected chi connectivity index (χ0v) is 23.9. The van der Waals surface area contributed by atoms with Crippen molar-refractivity contribution in [1.82, 2.24) is 14.3 Å². The molecule has 0 spiro atoms. The molecule has 0 unspecified atom stereocenters. The summed E-state index contributed by atoms with van der Waals surface area (Å²) in [7, 11) is 0. The second kappa shape index (κ2) is 10.5. The highest BCUT2D eigenvalue weighted by atomic mass is 35.5. The topological polar surface area (TPSA) is 113 Å². The Bertz CT molecular complexity index is 2050. The minimum absolute atomic E-state index is 0.214. The van der Waals surface area contributed by atoms with E-state index in [-0.39, 0.29) is 17.7 Å². The van der Waals surface area contributed by atoms with Crippen molar-refractivity contribution in [2.24, 2.45) is 5.10 Å². The largest absolute Gasteiger partial charge is 0.480 e. The van der Waals surface area contributed by atoms with Gasteiger partial charge in [-0.15, -0.1) is 0 Å². The van der Waals surface area contributed by atoms with E-state index in [1.165, 1.54) is 9.69 Å². The summed E-state index contributed by atoms with van der Waals surface area (Å²) >= 11 is 12.4. The molecule has 5 aromatic rings. The van der Waals surface area contributed by atoms with Crippen molar-refractivity contribution < 1.29 is 14.7 Å². The summed E-state index contributed by atoms with van der Waals surface area (Å²) in [4.78, 5) is 40.1. The van der Waals surface area contributed by atoms with Gasteiger partial charge in [0, 0.05) is 44.0 Å². The second-order valence-corrected chi connectivity index (χ2v) is 10.7. The number of rotatable bonds is 6. The number of hydrazone groups is 1. The molecule has 11 heteroatoms. The Labute approximate surface area is 249 Å². The van der Waals surface area contributed by atoms with Crippen LogP contribution in [0.15, 0.2) is 94.5 Å². The molecule has 1 aliphatic heterocycles. The third-order valence-corrected chi connectivity index (χ3v) is 7.54. The summed E-state index contributed by atoms with van der Waals surface area (Å²) in [6.45, 7) is 3.14. The fourth-order valence-corrected chi connectivity index (χ4v) is 5.70. The molecule has 9 nitrogen and oxygen atoms in total. The van der Waals surface area contributed by atoms with E-state index in [2.05, 4.69) is 10.2 Å². The van der Waals surface area contributed by atoms with Crippen LogP contribution in [-0.4, -0.2) is 37.0 Å².